The lowest BCUT2D eigenvalue weighted by Crippen LogP contribution is -2.02. The molecule has 0 aromatic carbocycles. The molecule has 94 valence electrons. The first kappa shape index (κ1) is 13.8. The van der Waals surface area contributed by atoms with Crippen LogP contribution in [0.4, 0.5) is 5.82 Å². The average Bonchev–Trinajstić information content (AvgIpc) is 2.36. The maximum Gasteiger partial charge on any atom is 0.306 e. The van der Waals surface area contributed by atoms with Crippen molar-refractivity contribution >= 4 is 23.5 Å². The second kappa shape index (κ2) is 7.95. The van der Waals surface area contributed by atoms with Crippen LogP contribution in [-0.4, -0.2) is 30.4 Å². The highest BCUT2D eigenvalue weighted by Crippen LogP contribution is 2.20. The molecule has 0 amide bonds. The van der Waals surface area contributed by atoms with Crippen molar-refractivity contribution in [3.63, 3.8) is 0 Å². The van der Waals surface area contributed by atoms with Crippen LogP contribution < -0.4 is 5.32 Å². The smallest absolute Gasteiger partial charge is 0.306 e. The molecule has 17 heavy (non-hydrogen) atoms. The number of nitrogens with one attached hydrogen (secondary N) is 1. The number of nitrogens with zero attached hydrogens (tertiary/aromatic N) is 1. The molecule has 5 heteroatoms. The monoisotopic (exact) mass is 254 g/mol. The fourth-order valence-corrected chi connectivity index (χ4v) is 2.06. The van der Waals surface area contributed by atoms with E-state index in [9.17, 15) is 4.79 Å². The second-order valence-corrected chi connectivity index (χ2v) is 4.65. The van der Waals surface area contributed by atoms with Crippen molar-refractivity contribution in [3.05, 3.63) is 18.3 Å². The fraction of sp³-hybridized carbons (Fsp3) is 0.500. The number of hydrogen-bond donors (Lipinski definition) is 1. The molecule has 0 bridgehead atoms. The van der Waals surface area contributed by atoms with Crippen LogP contribution in [-0.2, 0) is 9.53 Å². The highest BCUT2D eigenvalue weighted by Gasteiger charge is 2.02. The van der Waals surface area contributed by atoms with E-state index in [2.05, 4.69) is 22.0 Å². The van der Waals surface area contributed by atoms with Gasteiger partial charge in [-0.25, -0.2) is 4.98 Å². The zero-order chi connectivity index (χ0) is 12.5. The molecule has 1 aromatic rings. The van der Waals surface area contributed by atoms with Gasteiger partial charge >= 0.3 is 5.97 Å². The van der Waals surface area contributed by atoms with E-state index in [0.717, 1.165) is 29.4 Å². The number of aromatic nitrogens is 1. The minimum Gasteiger partial charge on any atom is -0.469 e. The van der Waals surface area contributed by atoms with E-state index in [1.54, 1.807) is 18.0 Å². The van der Waals surface area contributed by atoms with Crippen LogP contribution in [0.2, 0.25) is 0 Å². The molecule has 0 aliphatic carbocycles. The van der Waals surface area contributed by atoms with Crippen molar-refractivity contribution in [1.82, 2.24) is 4.98 Å². The van der Waals surface area contributed by atoms with E-state index in [0.29, 0.717) is 6.42 Å². The number of thioether (sulfide) groups is 1. The van der Waals surface area contributed by atoms with Crippen molar-refractivity contribution in [2.45, 2.75) is 24.7 Å². The minimum absolute atomic E-state index is 0.170. The van der Waals surface area contributed by atoms with Gasteiger partial charge < -0.3 is 10.1 Å². The first-order valence-electron chi connectivity index (χ1n) is 5.65. The standard InChI is InChI=1S/C12H18N2O2S/c1-3-6-13-11-9-10(4-7-14-11)17-8-5-12(15)16-2/h4,7,9H,3,5-6,8H2,1-2H3,(H,13,14). The molecule has 0 saturated carbocycles. The summed E-state index contributed by atoms with van der Waals surface area (Å²) in [7, 11) is 1.41. The molecule has 0 radical (unpaired) electrons. The molecule has 0 spiro atoms. The topological polar surface area (TPSA) is 51.2 Å². The number of rotatable bonds is 7. The highest BCUT2D eigenvalue weighted by molar-refractivity contribution is 7.99. The van der Waals surface area contributed by atoms with Crippen LogP contribution in [0.15, 0.2) is 23.2 Å². The van der Waals surface area contributed by atoms with Crippen LogP contribution in [0, 0.1) is 0 Å². The van der Waals surface area contributed by atoms with Gasteiger partial charge in [0.05, 0.1) is 13.5 Å². The van der Waals surface area contributed by atoms with E-state index in [4.69, 9.17) is 0 Å². The maximum atomic E-state index is 11.0. The van der Waals surface area contributed by atoms with E-state index in [-0.39, 0.29) is 5.97 Å². The molecule has 0 saturated heterocycles. The first-order valence-corrected chi connectivity index (χ1v) is 6.64. The van der Waals surface area contributed by atoms with E-state index < -0.39 is 0 Å². The summed E-state index contributed by atoms with van der Waals surface area (Å²) in [5.41, 5.74) is 0. The number of anilines is 1. The van der Waals surface area contributed by atoms with Gasteiger partial charge in [0.1, 0.15) is 5.82 Å². The number of pyridine rings is 1. The van der Waals surface area contributed by atoms with E-state index >= 15 is 0 Å². The van der Waals surface area contributed by atoms with Gasteiger partial charge in [0.2, 0.25) is 0 Å². The van der Waals surface area contributed by atoms with E-state index in [1.165, 1.54) is 7.11 Å². The summed E-state index contributed by atoms with van der Waals surface area (Å²) < 4.78 is 4.59. The molecule has 1 heterocycles. The molecule has 0 aliphatic rings. The Bertz CT molecular complexity index is 358. The predicted molar refractivity (Wildman–Crippen MR) is 70.4 cm³/mol. The van der Waals surface area contributed by atoms with Crippen LogP contribution >= 0.6 is 11.8 Å². The lowest BCUT2D eigenvalue weighted by atomic mass is 10.4. The summed E-state index contributed by atoms with van der Waals surface area (Å²) in [5, 5.41) is 3.23. The molecule has 1 aromatic heterocycles. The lowest BCUT2D eigenvalue weighted by molar-refractivity contribution is -0.140. The Hall–Kier alpha value is -1.23. The predicted octanol–water partition coefficient (Wildman–Crippen LogP) is 2.56. The second-order valence-electron chi connectivity index (χ2n) is 3.48. The Balaban J connectivity index is 2.40. The van der Waals surface area contributed by atoms with Crippen molar-refractivity contribution in [2.75, 3.05) is 24.7 Å². The summed E-state index contributed by atoms with van der Waals surface area (Å²) in [6.07, 6.45) is 3.28. The van der Waals surface area contributed by atoms with Gasteiger partial charge in [-0.15, -0.1) is 11.8 Å². The Morgan fingerprint density at radius 2 is 2.41 bits per heavy atom. The zero-order valence-electron chi connectivity index (χ0n) is 10.2. The summed E-state index contributed by atoms with van der Waals surface area (Å²) in [6.45, 7) is 3.03. The lowest BCUT2D eigenvalue weighted by Gasteiger charge is -2.05. The molecular weight excluding hydrogens is 236 g/mol. The van der Waals surface area contributed by atoms with Gasteiger partial charge in [-0.1, -0.05) is 6.92 Å². The van der Waals surface area contributed by atoms with Gasteiger partial charge in [0.25, 0.3) is 0 Å². The molecule has 1 N–H and O–H groups in total. The number of ether oxygens (including phenoxy) is 1. The summed E-state index contributed by atoms with van der Waals surface area (Å²) in [6, 6.07) is 3.94. The van der Waals surface area contributed by atoms with Crippen molar-refractivity contribution in [1.29, 1.82) is 0 Å². The Morgan fingerprint density at radius 1 is 1.59 bits per heavy atom. The van der Waals surface area contributed by atoms with Crippen molar-refractivity contribution < 1.29 is 9.53 Å². The van der Waals surface area contributed by atoms with E-state index in [1.807, 2.05) is 12.1 Å². The van der Waals surface area contributed by atoms with Gasteiger partial charge in [0, 0.05) is 23.4 Å². The fourth-order valence-electron chi connectivity index (χ4n) is 1.20. The third-order valence-corrected chi connectivity index (χ3v) is 3.09. The zero-order valence-corrected chi connectivity index (χ0v) is 11.0. The molecule has 0 fully saturated rings. The van der Waals surface area contributed by atoms with Crippen LogP contribution in [0.3, 0.4) is 0 Å². The third-order valence-electron chi connectivity index (χ3n) is 2.09. The molecule has 1 rings (SSSR count). The molecule has 4 nitrogen and oxygen atoms in total. The number of carbonyl (C=O) groups excluding carboxylic acids is 1. The first-order chi connectivity index (χ1) is 8.26. The highest BCUT2D eigenvalue weighted by atomic mass is 32.2. The Morgan fingerprint density at radius 3 is 3.12 bits per heavy atom. The average molecular weight is 254 g/mol. The number of hydrogen-bond acceptors (Lipinski definition) is 5. The normalized spacial score (nSPS) is 10.0. The number of esters is 1. The van der Waals surface area contributed by atoms with Gasteiger partial charge in [-0.3, -0.25) is 4.79 Å². The third kappa shape index (κ3) is 5.58. The minimum atomic E-state index is -0.170. The molecule has 0 atom stereocenters. The number of carbonyl (C=O) groups is 1. The van der Waals surface area contributed by atoms with Gasteiger partial charge in [-0.05, 0) is 18.6 Å². The summed E-state index contributed by atoms with van der Waals surface area (Å²) in [4.78, 5) is 16.3. The Kier molecular flexibility index (Phi) is 6.47. The Labute approximate surface area is 106 Å². The van der Waals surface area contributed by atoms with Gasteiger partial charge in [0.15, 0.2) is 0 Å². The number of methoxy groups -OCH3 is 1. The molecule has 0 unspecified atom stereocenters. The largest absolute Gasteiger partial charge is 0.469 e. The van der Waals surface area contributed by atoms with Crippen LogP contribution in [0.1, 0.15) is 19.8 Å². The van der Waals surface area contributed by atoms with Crippen molar-refractivity contribution in [3.8, 4) is 0 Å². The van der Waals surface area contributed by atoms with Gasteiger partial charge in [-0.2, -0.15) is 0 Å². The quantitative estimate of drug-likeness (QED) is 0.598. The van der Waals surface area contributed by atoms with Crippen LogP contribution in [0.25, 0.3) is 0 Å². The SMILES string of the molecule is CCCNc1cc(SCCC(=O)OC)ccn1. The maximum absolute atomic E-state index is 11.0. The molecular formula is C12H18N2O2S. The summed E-state index contributed by atoms with van der Waals surface area (Å²) in [5.74, 6) is 1.44. The molecule has 0 aliphatic heterocycles. The summed E-state index contributed by atoms with van der Waals surface area (Å²) >= 11 is 1.63. The van der Waals surface area contributed by atoms with Crippen molar-refractivity contribution in [2.24, 2.45) is 0 Å². The van der Waals surface area contributed by atoms with Crippen LogP contribution in [0.5, 0.6) is 0 Å².